The van der Waals surface area contributed by atoms with Crippen molar-refractivity contribution in [1.29, 1.82) is 0 Å². The molecule has 4 amide bonds. The molecule has 3 N–H and O–H groups in total. The number of aromatic nitrogens is 2. The van der Waals surface area contributed by atoms with Gasteiger partial charge in [0.05, 0.1) is 28.7 Å². The van der Waals surface area contributed by atoms with Crippen LogP contribution in [0.4, 0.5) is 22.4 Å². The van der Waals surface area contributed by atoms with E-state index in [1.54, 1.807) is 45.0 Å². The van der Waals surface area contributed by atoms with Crippen molar-refractivity contribution in [2.75, 3.05) is 6.54 Å². The van der Waals surface area contributed by atoms with E-state index in [0.717, 1.165) is 11.3 Å². The summed E-state index contributed by atoms with van der Waals surface area (Å²) in [5.74, 6) is -8.29. The number of alkyl halides is 4. The van der Waals surface area contributed by atoms with Crippen LogP contribution in [0.2, 0.25) is 0 Å². The minimum atomic E-state index is -4.19. The number of fused-ring (bicyclic) bond motifs is 7. The maximum absolute atomic E-state index is 16.3. The average molecular weight is 837 g/mol. The lowest BCUT2D eigenvalue weighted by molar-refractivity contribution is -0.143. The summed E-state index contributed by atoms with van der Waals surface area (Å²) < 4.78 is 100. The smallest absolute Gasteiger partial charge is 0.408 e. The van der Waals surface area contributed by atoms with Crippen molar-refractivity contribution in [2.45, 2.75) is 132 Å². The molecule has 1 aromatic carbocycles. The van der Waals surface area contributed by atoms with E-state index in [9.17, 15) is 36.4 Å². The molecule has 1 unspecified atom stereocenters. The summed E-state index contributed by atoms with van der Waals surface area (Å²) in [6, 6.07) is 3.54. The SMILES string of the molecule is CC(C)(C)[C@@H]1NC(=O)O[C@@H]2C[C@@H]3C[C@@H]3[C@H]2CCCCC(F)(F)c2nc3ccccc3nc2OC2C[C@@H](C(=O)N[C@]3(C(=O)NS(=O)(=O)C4CC4)C[C@H]3C(F)F)N(C2)C1=O. The molecule has 2 aromatic rings. The van der Waals surface area contributed by atoms with Crippen LogP contribution in [0.1, 0.15) is 90.7 Å². The normalized spacial score (nSPS) is 33.7. The predicted molar refractivity (Wildman–Crippen MR) is 198 cm³/mol. The Hall–Kier alpha value is -4.29. The van der Waals surface area contributed by atoms with Gasteiger partial charge in [-0.3, -0.25) is 19.1 Å². The lowest BCUT2D eigenvalue weighted by Gasteiger charge is -2.36. The minimum Gasteiger partial charge on any atom is -0.471 e. The number of para-hydroxylation sites is 2. The summed E-state index contributed by atoms with van der Waals surface area (Å²) >= 11 is 0. The van der Waals surface area contributed by atoms with Crippen LogP contribution in [0.3, 0.4) is 0 Å². The molecule has 316 valence electrons. The number of hydrogen-bond donors (Lipinski definition) is 3. The fourth-order valence-electron chi connectivity index (χ4n) is 9.18. The zero-order valence-electron chi connectivity index (χ0n) is 32.4. The van der Waals surface area contributed by atoms with Crippen LogP contribution in [-0.4, -0.2) is 95.2 Å². The van der Waals surface area contributed by atoms with Gasteiger partial charge in [-0.15, -0.1) is 0 Å². The van der Waals surface area contributed by atoms with Crippen LogP contribution in [0.15, 0.2) is 24.3 Å². The number of benzene rings is 1. The molecule has 0 spiro atoms. The molecular formula is C39H48F4N6O8S. The fraction of sp³-hybridized carbons (Fsp3) is 0.692. The van der Waals surface area contributed by atoms with Gasteiger partial charge in [0.2, 0.25) is 34.1 Å². The van der Waals surface area contributed by atoms with E-state index in [4.69, 9.17) is 9.47 Å². The summed E-state index contributed by atoms with van der Waals surface area (Å²) in [5, 5.41) is 4.20. The van der Waals surface area contributed by atoms with E-state index >= 15 is 8.78 Å². The van der Waals surface area contributed by atoms with Gasteiger partial charge in [0, 0.05) is 12.8 Å². The zero-order chi connectivity index (χ0) is 41.5. The Bertz CT molecular complexity index is 2120. The molecule has 3 heterocycles. The van der Waals surface area contributed by atoms with Crippen molar-refractivity contribution in [3.05, 3.63) is 30.0 Å². The van der Waals surface area contributed by atoms with Crippen LogP contribution in [0.25, 0.3) is 11.0 Å². The van der Waals surface area contributed by atoms with Crippen molar-refractivity contribution < 1.29 is 54.6 Å². The molecular weight excluding hydrogens is 789 g/mol. The van der Waals surface area contributed by atoms with Crippen LogP contribution < -0.4 is 20.1 Å². The molecule has 58 heavy (non-hydrogen) atoms. The van der Waals surface area contributed by atoms with Gasteiger partial charge >= 0.3 is 6.09 Å². The molecule has 6 aliphatic rings. The number of carbonyl (C=O) groups is 4. The Morgan fingerprint density at radius 1 is 0.983 bits per heavy atom. The topological polar surface area (TPSA) is 186 Å². The maximum atomic E-state index is 16.3. The molecule has 1 saturated heterocycles. The highest BCUT2D eigenvalue weighted by atomic mass is 32.2. The largest absolute Gasteiger partial charge is 0.471 e. The summed E-state index contributed by atoms with van der Waals surface area (Å²) in [7, 11) is -4.19. The van der Waals surface area contributed by atoms with E-state index < -0.39 is 124 Å². The van der Waals surface area contributed by atoms with Gasteiger partial charge in [-0.1, -0.05) is 39.3 Å². The number of nitrogens with one attached hydrogen (secondary N) is 3. The van der Waals surface area contributed by atoms with Crippen LogP contribution in [0.5, 0.6) is 5.88 Å². The Morgan fingerprint density at radius 2 is 1.69 bits per heavy atom. The van der Waals surface area contributed by atoms with E-state index in [1.165, 1.54) is 0 Å². The van der Waals surface area contributed by atoms with Gasteiger partial charge in [-0.05, 0) is 80.2 Å². The van der Waals surface area contributed by atoms with E-state index in [-0.39, 0.29) is 42.6 Å². The second-order valence-corrected chi connectivity index (χ2v) is 20.0. The van der Waals surface area contributed by atoms with Gasteiger partial charge in [0.25, 0.3) is 11.8 Å². The number of carbonyl (C=O) groups excluding carboxylic acids is 4. The van der Waals surface area contributed by atoms with Crippen molar-refractivity contribution in [2.24, 2.45) is 29.1 Å². The molecule has 19 heteroatoms. The molecule has 5 fully saturated rings. The highest BCUT2D eigenvalue weighted by Crippen LogP contribution is 2.58. The van der Waals surface area contributed by atoms with Crippen molar-refractivity contribution >= 4 is 44.9 Å². The first-order valence-corrected chi connectivity index (χ1v) is 21.6. The molecule has 4 aliphatic carbocycles. The number of hydrogen-bond acceptors (Lipinski definition) is 10. The number of halogens is 4. The molecule has 2 aliphatic heterocycles. The number of ether oxygens (including phenoxy) is 2. The van der Waals surface area contributed by atoms with E-state index in [0.29, 0.717) is 31.1 Å². The van der Waals surface area contributed by atoms with Crippen LogP contribution in [0, 0.1) is 29.1 Å². The summed E-state index contributed by atoms with van der Waals surface area (Å²) in [5.41, 5.74) is -3.56. The van der Waals surface area contributed by atoms with Gasteiger partial charge in [0.15, 0.2) is 5.69 Å². The first kappa shape index (κ1) is 40.5. The van der Waals surface area contributed by atoms with Gasteiger partial charge in [-0.2, -0.15) is 8.78 Å². The summed E-state index contributed by atoms with van der Waals surface area (Å²) in [6.07, 6.45) is -3.86. The second kappa shape index (κ2) is 14.5. The van der Waals surface area contributed by atoms with E-state index in [2.05, 4.69) is 20.6 Å². The molecule has 4 saturated carbocycles. The highest BCUT2D eigenvalue weighted by Gasteiger charge is 2.67. The zero-order valence-corrected chi connectivity index (χ0v) is 33.2. The number of alkyl carbamates (subject to hydrolysis) is 1. The lowest BCUT2D eigenvalue weighted by Crippen LogP contribution is -2.60. The first-order valence-electron chi connectivity index (χ1n) is 20.0. The average Bonchev–Trinajstić information content (AvgIpc) is 4.08. The molecule has 8 rings (SSSR count). The van der Waals surface area contributed by atoms with Crippen LogP contribution >= 0.6 is 0 Å². The number of nitrogens with zero attached hydrogens (tertiary/aromatic N) is 3. The van der Waals surface area contributed by atoms with Gasteiger partial charge < -0.3 is 25.0 Å². The lowest BCUT2D eigenvalue weighted by atomic mass is 9.85. The second-order valence-electron chi connectivity index (χ2n) is 18.0. The Morgan fingerprint density at radius 3 is 2.34 bits per heavy atom. The van der Waals surface area contributed by atoms with Crippen LogP contribution in [-0.2, 0) is 35.1 Å². The number of amides is 4. The molecule has 0 radical (unpaired) electrons. The first-order chi connectivity index (χ1) is 27.3. The van der Waals surface area contributed by atoms with Crippen molar-refractivity contribution in [3.63, 3.8) is 0 Å². The van der Waals surface area contributed by atoms with Crippen molar-refractivity contribution in [1.82, 2.24) is 30.2 Å². The fourth-order valence-corrected chi connectivity index (χ4v) is 10.5. The van der Waals surface area contributed by atoms with Crippen molar-refractivity contribution in [3.8, 4) is 5.88 Å². The third-order valence-electron chi connectivity index (χ3n) is 12.7. The number of sulfonamides is 1. The van der Waals surface area contributed by atoms with Gasteiger partial charge in [0.1, 0.15) is 29.8 Å². The summed E-state index contributed by atoms with van der Waals surface area (Å²) in [6.45, 7) is 4.65. The minimum absolute atomic E-state index is 0.0397. The third kappa shape index (κ3) is 7.78. The highest BCUT2D eigenvalue weighted by molar-refractivity contribution is 7.91. The summed E-state index contributed by atoms with van der Waals surface area (Å²) in [4.78, 5) is 65.7. The molecule has 9 atom stereocenters. The Balaban J connectivity index is 1.15. The predicted octanol–water partition coefficient (Wildman–Crippen LogP) is 4.56. The van der Waals surface area contributed by atoms with Gasteiger partial charge in [-0.25, -0.2) is 32.0 Å². The Kier molecular flexibility index (Phi) is 10.1. The Labute approximate surface area is 333 Å². The van der Waals surface area contributed by atoms with E-state index in [1.807, 2.05) is 4.72 Å². The number of rotatable bonds is 6. The third-order valence-corrected chi connectivity index (χ3v) is 14.6. The maximum Gasteiger partial charge on any atom is 0.408 e. The monoisotopic (exact) mass is 836 g/mol. The molecule has 2 bridgehead atoms. The molecule has 14 nitrogen and oxygen atoms in total. The molecule has 1 aromatic heterocycles. The quantitative estimate of drug-likeness (QED) is 0.349. The standard InChI is InChI=1S/C39H48F4N6O8S/c1-37(2,3)30-34(51)49-18-20(16-27(49)32(50)47-38(17-24(38)31(40)41)35(52)48-58(54,55)21-11-12-21)56-33-29(44-25-9-4-5-10-26(25)45-33)39(42,43)13-7-6-8-22-23-14-19(23)15-28(22)57-36(53)46-30/h4-5,9-10,19-24,27-28,30-31H,6-8,11-18H2,1-3H3,(H,46,53)(H,47,50)(H,48,52)/t19-,20?,22+,23-,24-,27-,28+,30+,38+/m0/s1.